The SMILES string of the molecule is COC(=O)c1ccccc1-c1ccc(/C=C2/SC(=S)N(Cc3ccccc3)C2=O)o1. The Hall–Kier alpha value is -3.16. The summed E-state index contributed by atoms with van der Waals surface area (Å²) in [6, 6.07) is 20.3. The molecule has 7 heteroatoms. The van der Waals surface area contributed by atoms with Gasteiger partial charge in [-0.1, -0.05) is 72.5 Å². The van der Waals surface area contributed by atoms with Gasteiger partial charge in [0.2, 0.25) is 0 Å². The average molecular weight is 436 g/mol. The van der Waals surface area contributed by atoms with Crippen molar-refractivity contribution in [3.63, 3.8) is 0 Å². The Bertz CT molecular complexity index is 1150. The van der Waals surface area contributed by atoms with Gasteiger partial charge >= 0.3 is 5.97 Å². The maximum Gasteiger partial charge on any atom is 0.338 e. The Balaban J connectivity index is 1.57. The molecule has 30 heavy (non-hydrogen) atoms. The van der Waals surface area contributed by atoms with Crippen LogP contribution >= 0.6 is 24.0 Å². The number of hydrogen-bond acceptors (Lipinski definition) is 6. The third kappa shape index (κ3) is 4.08. The van der Waals surface area contributed by atoms with Gasteiger partial charge in [0.05, 0.1) is 24.1 Å². The summed E-state index contributed by atoms with van der Waals surface area (Å²) in [6.07, 6.45) is 1.68. The highest BCUT2D eigenvalue weighted by Gasteiger charge is 2.32. The topological polar surface area (TPSA) is 59.8 Å². The zero-order valence-electron chi connectivity index (χ0n) is 16.0. The van der Waals surface area contributed by atoms with Crippen LogP contribution in [0.2, 0.25) is 0 Å². The van der Waals surface area contributed by atoms with Crippen molar-refractivity contribution in [1.82, 2.24) is 4.90 Å². The number of thioether (sulfide) groups is 1. The third-order valence-corrected chi connectivity index (χ3v) is 5.93. The lowest BCUT2D eigenvalue weighted by Crippen LogP contribution is -2.27. The number of hydrogen-bond donors (Lipinski definition) is 0. The number of carbonyl (C=O) groups excluding carboxylic acids is 2. The molecule has 1 amide bonds. The molecule has 0 saturated carbocycles. The number of rotatable bonds is 5. The molecule has 0 unspecified atom stereocenters. The van der Waals surface area contributed by atoms with Gasteiger partial charge in [0.1, 0.15) is 15.8 Å². The van der Waals surface area contributed by atoms with Crippen LogP contribution in [0, 0.1) is 0 Å². The second kappa shape index (κ2) is 8.69. The summed E-state index contributed by atoms with van der Waals surface area (Å²) in [5.74, 6) is 0.430. The standard InChI is InChI=1S/C23H17NO4S2/c1-27-22(26)18-10-6-5-9-17(18)19-12-11-16(28-19)13-20-21(25)24(23(29)30-20)14-15-7-3-2-4-8-15/h2-13H,14H2,1H3/b20-13+. The Labute approximate surface area is 183 Å². The number of furan rings is 1. The molecule has 0 spiro atoms. The molecule has 0 aliphatic carbocycles. The number of nitrogens with zero attached hydrogens (tertiary/aromatic N) is 1. The molecule has 5 nitrogen and oxygen atoms in total. The van der Waals surface area contributed by atoms with Crippen LogP contribution in [0.5, 0.6) is 0 Å². The van der Waals surface area contributed by atoms with Crippen LogP contribution in [-0.4, -0.2) is 28.2 Å². The molecule has 0 N–H and O–H groups in total. The molecule has 0 atom stereocenters. The van der Waals surface area contributed by atoms with Crippen LogP contribution in [0.3, 0.4) is 0 Å². The van der Waals surface area contributed by atoms with Crippen LogP contribution in [0.25, 0.3) is 17.4 Å². The molecule has 1 saturated heterocycles. The van der Waals surface area contributed by atoms with E-state index in [0.717, 1.165) is 5.56 Å². The maximum atomic E-state index is 12.8. The summed E-state index contributed by atoms with van der Waals surface area (Å²) in [4.78, 5) is 26.9. The van der Waals surface area contributed by atoms with Gasteiger partial charge in [-0.05, 0) is 23.8 Å². The minimum Gasteiger partial charge on any atom is -0.465 e. The first-order valence-corrected chi connectivity index (χ1v) is 10.4. The van der Waals surface area contributed by atoms with Crippen LogP contribution in [0.15, 0.2) is 76.1 Å². The maximum absolute atomic E-state index is 12.8. The van der Waals surface area contributed by atoms with Gasteiger partial charge < -0.3 is 9.15 Å². The monoisotopic (exact) mass is 435 g/mol. The van der Waals surface area contributed by atoms with E-state index >= 15 is 0 Å². The molecule has 2 heterocycles. The molecule has 3 aromatic rings. The van der Waals surface area contributed by atoms with Crippen molar-refractivity contribution in [3.8, 4) is 11.3 Å². The Morgan fingerprint density at radius 3 is 2.60 bits per heavy atom. The minimum atomic E-state index is -0.440. The van der Waals surface area contributed by atoms with Crippen LogP contribution in [-0.2, 0) is 16.1 Å². The number of carbonyl (C=O) groups is 2. The first-order chi connectivity index (χ1) is 14.6. The van der Waals surface area contributed by atoms with E-state index in [2.05, 4.69) is 0 Å². The molecular formula is C23H17NO4S2. The molecule has 2 aromatic carbocycles. The molecule has 4 rings (SSSR count). The van der Waals surface area contributed by atoms with E-state index < -0.39 is 5.97 Å². The Morgan fingerprint density at radius 2 is 1.83 bits per heavy atom. The van der Waals surface area contributed by atoms with Gasteiger partial charge in [0, 0.05) is 11.6 Å². The van der Waals surface area contributed by atoms with E-state index in [1.807, 2.05) is 36.4 Å². The number of amides is 1. The number of methoxy groups -OCH3 is 1. The fourth-order valence-corrected chi connectivity index (χ4v) is 4.33. The van der Waals surface area contributed by atoms with Crippen LogP contribution < -0.4 is 0 Å². The molecule has 0 radical (unpaired) electrons. The van der Waals surface area contributed by atoms with Gasteiger partial charge in [-0.25, -0.2) is 4.79 Å². The summed E-state index contributed by atoms with van der Waals surface area (Å²) in [5.41, 5.74) is 2.05. The van der Waals surface area contributed by atoms with E-state index in [4.69, 9.17) is 21.4 Å². The highest BCUT2D eigenvalue weighted by Crippen LogP contribution is 2.35. The Kier molecular flexibility index (Phi) is 5.83. The van der Waals surface area contributed by atoms with Gasteiger partial charge in [0.15, 0.2) is 0 Å². The smallest absolute Gasteiger partial charge is 0.338 e. The second-order valence-corrected chi connectivity index (χ2v) is 8.17. The van der Waals surface area contributed by atoms with Gasteiger partial charge in [-0.2, -0.15) is 0 Å². The van der Waals surface area contributed by atoms with Crippen molar-refractivity contribution in [2.24, 2.45) is 0 Å². The minimum absolute atomic E-state index is 0.151. The summed E-state index contributed by atoms with van der Waals surface area (Å²) in [7, 11) is 1.34. The van der Waals surface area contributed by atoms with Crippen molar-refractivity contribution < 1.29 is 18.7 Å². The quantitative estimate of drug-likeness (QED) is 0.314. The zero-order chi connectivity index (χ0) is 21.1. The fraction of sp³-hybridized carbons (Fsp3) is 0.0870. The van der Waals surface area contributed by atoms with Crippen LogP contribution in [0.1, 0.15) is 21.7 Å². The van der Waals surface area contributed by atoms with Crippen molar-refractivity contribution >= 4 is 46.3 Å². The van der Waals surface area contributed by atoms with E-state index in [9.17, 15) is 9.59 Å². The van der Waals surface area contributed by atoms with Crippen LogP contribution in [0.4, 0.5) is 0 Å². The highest BCUT2D eigenvalue weighted by molar-refractivity contribution is 8.26. The van der Waals surface area contributed by atoms with E-state index in [1.165, 1.54) is 18.9 Å². The molecule has 0 bridgehead atoms. The van der Waals surface area contributed by atoms with Crippen molar-refractivity contribution in [2.75, 3.05) is 7.11 Å². The lowest BCUT2D eigenvalue weighted by atomic mass is 10.1. The van der Waals surface area contributed by atoms with E-state index in [1.54, 1.807) is 41.3 Å². The fourth-order valence-electron chi connectivity index (χ4n) is 3.09. The van der Waals surface area contributed by atoms with Crippen molar-refractivity contribution in [3.05, 3.63) is 88.5 Å². The lowest BCUT2D eigenvalue weighted by molar-refractivity contribution is -0.122. The Morgan fingerprint density at radius 1 is 1.10 bits per heavy atom. The van der Waals surface area contributed by atoms with Gasteiger partial charge in [0.25, 0.3) is 5.91 Å². The lowest BCUT2D eigenvalue weighted by Gasteiger charge is -2.14. The summed E-state index contributed by atoms with van der Waals surface area (Å²) in [5, 5.41) is 0. The molecule has 1 aliphatic rings. The largest absolute Gasteiger partial charge is 0.465 e. The molecule has 150 valence electrons. The summed E-state index contributed by atoms with van der Waals surface area (Å²) < 4.78 is 11.2. The summed E-state index contributed by atoms with van der Waals surface area (Å²) >= 11 is 6.64. The molecule has 1 aromatic heterocycles. The van der Waals surface area contributed by atoms with Crippen molar-refractivity contribution in [2.45, 2.75) is 6.54 Å². The number of ether oxygens (including phenoxy) is 1. The second-order valence-electron chi connectivity index (χ2n) is 6.49. The first-order valence-electron chi connectivity index (χ1n) is 9.13. The zero-order valence-corrected chi connectivity index (χ0v) is 17.7. The molecule has 1 fully saturated rings. The highest BCUT2D eigenvalue weighted by atomic mass is 32.2. The summed E-state index contributed by atoms with van der Waals surface area (Å²) in [6.45, 7) is 0.429. The predicted molar refractivity (Wildman–Crippen MR) is 121 cm³/mol. The third-order valence-electron chi connectivity index (χ3n) is 4.56. The van der Waals surface area contributed by atoms with E-state index in [0.29, 0.717) is 38.4 Å². The van der Waals surface area contributed by atoms with E-state index in [-0.39, 0.29) is 5.91 Å². The molecular weight excluding hydrogens is 418 g/mol. The molecule has 1 aliphatic heterocycles. The number of esters is 1. The predicted octanol–water partition coefficient (Wildman–Crippen LogP) is 5.13. The number of benzene rings is 2. The normalized spacial score (nSPS) is 15.1. The number of thiocarbonyl (C=S) groups is 1. The first kappa shape index (κ1) is 20.1. The van der Waals surface area contributed by atoms with Gasteiger partial charge in [-0.3, -0.25) is 9.69 Å². The van der Waals surface area contributed by atoms with Gasteiger partial charge in [-0.15, -0.1) is 0 Å². The van der Waals surface area contributed by atoms with Crippen molar-refractivity contribution in [1.29, 1.82) is 0 Å². The average Bonchev–Trinajstić information content (AvgIpc) is 3.34.